The Balaban J connectivity index is 1.72. The van der Waals surface area contributed by atoms with Crippen molar-refractivity contribution >= 4 is 29.2 Å². The molecule has 8 heteroatoms. The van der Waals surface area contributed by atoms with Crippen LogP contribution in [-0.4, -0.2) is 45.7 Å². The van der Waals surface area contributed by atoms with Crippen LogP contribution < -0.4 is 15.2 Å². The Bertz CT molecular complexity index is 835. The molecule has 0 bridgehead atoms. The minimum atomic E-state index is -0.0558. The van der Waals surface area contributed by atoms with Crippen LogP contribution in [0.1, 0.15) is 32.6 Å². The molecule has 1 aliphatic heterocycles. The van der Waals surface area contributed by atoms with Gasteiger partial charge in [-0.25, -0.2) is 14.8 Å². The van der Waals surface area contributed by atoms with Crippen LogP contribution in [0.3, 0.4) is 0 Å². The first-order chi connectivity index (χ1) is 13.1. The number of hydrazine groups is 1. The molecule has 2 aliphatic rings. The zero-order valence-electron chi connectivity index (χ0n) is 15.6. The number of hydrogen-bond donors (Lipinski definition) is 2. The summed E-state index contributed by atoms with van der Waals surface area (Å²) < 4.78 is 0. The van der Waals surface area contributed by atoms with Gasteiger partial charge in [-0.1, -0.05) is 12.8 Å². The van der Waals surface area contributed by atoms with E-state index < -0.39 is 0 Å². The second kappa shape index (κ2) is 6.94. The smallest absolute Gasteiger partial charge is 0.343 e. The summed E-state index contributed by atoms with van der Waals surface area (Å²) in [5.41, 5.74) is 1.50. The van der Waals surface area contributed by atoms with Gasteiger partial charge in [0.25, 0.3) is 0 Å². The maximum absolute atomic E-state index is 12.8. The van der Waals surface area contributed by atoms with Crippen LogP contribution in [0.15, 0.2) is 30.5 Å². The van der Waals surface area contributed by atoms with Crippen LogP contribution >= 0.6 is 0 Å². The van der Waals surface area contributed by atoms with Crippen LogP contribution in [0.4, 0.5) is 27.9 Å². The van der Waals surface area contributed by atoms with Crippen LogP contribution in [0.25, 0.3) is 0 Å². The third-order valence-corrected chi connectivity index (χ3v) is 5.19. The van der Waals surface area contributed by atoms with E-state index in [-0.39, 0.29) is 17.8 Å². The van der Waals surface area contributed by atoms with Gasteiger partial charge in [0.15, 0.2) is 5.82 Å². The second-order valence-electron chi connectivity index (χ2n) is 6.91. The number of aromatic hydroxyl groups is 1. The van der Waals surface area contributed by atoms with E-state index in [9.17, 15) is 9.90 Å². The van der Waals surface area contributed by atoms with Gasteiger partial charge in [-0.05, 0) is 44.0 Å². The lowest BCUT2D eigenvalue weighted by atomic mass is 10.2. The molecule has 1 aromatic heterocycles. The molecular weight excluding hydrogens is 344 g/mol. The number of nitrogens with zero attached hydrogens (tertiary/aromatic N) is 5. The Morgan fingerprint density at radius 3 is 2.59 bits per heavy atom. The van der Waals surface area contributed by atoms with E-state index in [0.717, 1.165) is 24.3 Å². The Hall–Kier alpha value is -3.03. The molecule has 4 rings (SSSR count). The first-order valence-corrected chi connectivity index (χ1v) is 9.36. The van der Waals surface area contributed by atoms with Crippen molar-refractivity contribution in [3.8, 4) is 5.75 Å². The van der Waals surface area contributed by atoms with Gasteiger partial charge in [-0.3, -0.25) is 9.91 Å². The average molecular weight is 368 g/mol. The third-order valence-electron chi connectivity index (χ3n) is 5.19. The molecule has 2 aromatic rings. The summed E-state index contributed by atoms with van der Waals surface area (Å²) >= 11 is 0. The number of rotatable bonds is 4. The molecule has 2 N–H and O–H groups in total. The molecule has 2 heterocycles. The highest BCUT2D eigenvalue weighted by atomic mass is 16.3. The molecule has 8 nitrogen and oxygen atoms in total. The number of phenols is 1. The molecule has 0 saturated heterocycles. The monoisotopic (exact) mass is 368 g/mol. The summed E-state index contributed by atoms with van der Waals surface area (Å²) in [5.74, 6) is 1.42. The normalized spacial score (nSPS) is 17.4. The molecule has 2 amide bonds. The molecule has 0 radical (unpaired) electrons. The molecule has 0 atom stereocenters. The SMILES string of the molecule is CCN1C(=O)N(C)c2cnc(Nc3ccc(O)cc3)nc2N1C1CCCC1. The maximum atomic E-state index is 12.8. The van der Waals surface area contributed by atoms with Crippen molar-refractivity contribution in [2.24, 2.45) is 0 Å². The van der Waals surface area contributed by atoms with E-state index in [1.807, 2.05) is 6.92 Å². The van der Waals surface area contributed by atoms with Gasteiger partial charge >= 0.3 is 6.03 Å². The molecule has 1 fully saturated rings. The van der Waals surface area contributed by atoms with E-state index in [4.69, 9.17) is 4.98 Å². The number of benzene rings is 1. The molecule has 1 aliphatic carbocycles. The van der Waals surface area contributed by atoms with Crippen molar-refractivity contribution in [1.82, 2.24) is 15.0 Å². The van der Waals surface area contributed by atoms with E-state index in [0.29, 0.717) is 18.2 Å². The number of anilines is 4. The van der Waals surface area contributed by atoms with Crippen LogP contribution in [0.5, 0.6) is 5.75 Å². The second-order valence-corrected chi connectivity index (χ2v) is 6.91. The van der Waals surface area contributed by atoms with Crippen molar-refractivity contribution in [2.75, 3.05) is 28.8 Å². The van der Waals surface area contributed by atoms with Gasteiger partial charge < -0.3 is 10.4 Å². The molecule has 1 aromatic carbocycles. The topological polar surface area (TPSA) is 84.8 Å². The largest absolute Gasteiger partial charge is 0.508 e. The van der Waals surface area contributed by atoms with Crippen molar-refractivity contribution < 1.29 is 9.90 Å². The van der Waals surface area contributed by atoms with E-state index in [2.05, 4.69) is 15.3 Å². The summed E-state index contributed by atoms with van der Waals surface area (Å²) in [6.07, 6.45) is 6.14. The number of fused-ring (bicyclic) bond motifs is 1. The molecule has 0 spiro atoms. The number of hydrogen-bond acceptors (Lipinski definition) is 6. The summed E-state index contributed by atoms with van der Waals surface area (Å²) in [6.45, 7) is 2.57. The van der Waals surface area contributed by atoms with Crippen LogP contribution in [0, 0.1) is 0 Å². The Kier molecular flexibility index (Phi) is 4.47. The Morgan fingerprint density at radius 2 is 1.93 bits per heavy atom. The van der Waals surface area contributed by atoms with E-state index in [1.165, 1.54) is 12.8 Å². The minimum Gasteiger partial charge on any atom is -0.508 e. The van der Waals surface area contributed by atoms with E-state index in [1.54, 1.807) is 47.4 Å². The fourth-order valence-corrected chi connectivity index (χ4v) is 3.79. The van der Waals surface area contributed by atoms with Crippen LogP contribution in [-0.2, 0) is 0 Å². The number of carbonyl (C=O) groups is 1. The molecule has 0 unspecified atom stereocenters. The third kappa shape index (κ3) is 3.11. The minimum absolute atomic E-state index is 0.0558. The number of phenolic OH excluding ortho intramolecular Hbond substituents is 1. The summed E-state index contributed by atoms with van der Waals surface area (Å²) in [4.78, 5) is 23.5. The fourth-order valence-electron chi connectivity index (χ4n) is 3.79. The lowest BCUT2D eigenvalue weighted by Crippen LogP contribution is -2.59. The van der Waals surface area contributed by atoms with Gasteiger partial charge in [-0.15, -0.1) is 0 Å². The number of urea groups is 1. The standard InChI is InChI=1S/C19H24N6O2/c1-3-24-19(27)23(2)16-12-20-18(21-13-8-10-15(26)11-9-13)22-17(16)25(24)14-6-4-5-7-14/h8-12,14,26H,3-7H2,1-2H3,(H,20,21,22). The van der Waals surface area contributed by atoms with Crippen molar-refractivity contribution in [2.45, 2.75) is 38.6 Å². The number of aromatic nitrogens is 2. The highest BCUT2D eigenvalue weighted by Gasteiger charge is 2.39. The average Bonchev–Trinajstić information content (AvgIpc) is 3.20. The number of amides is 2. The molecular formula is C19H24N6O2. The molecule has 1 saturated carbocycles. The Labute approximate surface area is 158 Å². The first kappa shape index (κ1) is 17.4. The predicted octanol–water partition coefficient (Wildman–Crippen LogP) is 3.48. The number of carbonyl (C=O) groups excluding carboxylic acids is 1. The first-order valence-electron chi connectivity index (χ1n) is 9.36. The summed E-state index contributed by atoms with van der Waals surface area (Å²) in [6, 6.07) is 6.97. The summed E-state index contributed by atoms with van der Waals surface area (Å²) in [5, 5.41) is 16.4. The fraction of sp³-hybridized carbons (Fsp3) is 0.421. The highest BCUT2D eigenvalue weighted by molar-refractivity contribution is 5.98. The quantitative estimate of drug-likeness (QED) is 0.804. The van der Waals surface area contributed by atoms with Crippen LogP contribution in [0.2, 0.25) is 0 Å². The zero-order chi connectivity index (χ0) is 19.0. The van der Waals surface area contributed by atoms with Crippen molar-refractivity contribution in [3.05, 3.63) is 30.5 Å². The van der Waals surface area contributed by atoms with Gasteiger partial charge in [-0.2, -0.15) is 4.98 Å². The number of nitrogens with one attached hydrogen (secondary N) is 1. The van der Waals surface area contributed by atoms with Crippen molar-refractivity contribution in [3.63, 3.8) is 0 Å². The van der Waals surface area contributed by atoms with Gasteiger partial charge in [0.2, 0.25) is 5.95 Å². The maximum Gasteiger partial charge on any atom is 0.343 e. The lowest BCUT2D eigenvalue weighted by molar-refractivity contribution is 0.191. The van der Waals surface area contributed by atoms with Crippen molar-refractivity contribution in [1.29, 1.82) is 0 Å². The zero-order valence-corrected chi connectivity index (χ0v) is 15.6. The lowest BCUT2D eigenvalue weighted by Gasteiger charge is -2.45. The van der Waals surface area contributed by atoms with Gasteiger partial charge in [0.1, 0.15) is 11.4 Å². The molecule has 142 valence electrons. The molecule has 27 heavy (non-hydrogen) atoms. The summed E-state index contributed by atoms with van der Waals surface area (Å²) in [7, 11) is 1.76. The Morgan fingerprint density at radius 1 is 1.22 bits per heavy atom. The van der Waals surface area contributed by atoms with Gasteiger partial charge in [0.05, 0.1) is 12.2 Å². The van der Waals surface area contributed by atoms with E-state index >= 15 is 0 Å². The van der Waals surface area contributed by atoms with Gasteiger partial charge in [0, 0.05) is 19.3 Å². The highest BCUT2D eigenvalue weighted by Crippen LogP contribution is 2.38. The predicted molar refractivity (Wildman–Crippen MR) is 104 cm³/mol.